The average Bonchev–Trinajstić information content (AvgIpc) is 3.14. The Morgan fingerprint density at radius 2 is 0.962 bits per heavy atom. The molecule has 0 bridgehead atoms. The lowest BCUT2D eigenvalue weighted by molar-refractivity contribution is -0.313. The zero-order valence-corrected chi connectivity index (χ0v) is 32.4. The zero-order chi connectivity index (χ0) is 39.6. The number of hydrogen-bond donors (Lipinski definition) is 5. The molecule has 1 heterocycles. The number of rotatable bonds is 30. The summed E-state index contributed by atoms with van der Waals surface area (Å²) < 4.78 is 35.2. The van der Waals surface area contributed by atoms with Crippen LogP contribution in [0.3, 0.4) is 0 Å². The lowest BCUT2D eigenvalue weighted by Gasteiger charge is -2.44. The monoisotopic (exact) mass is 764 g/mol. The third-order valence-corrected chi connectivity index (χ3v) is 9.00. The molecule has 53 heavy (non-hydrogen) atoms. The number of unbranched alkanes of at least 4 members (excludes halogenated alkanes) is 10. The highest BCUT2D eigenvalue weighted by Gasteiger charge is 2.53. The fourth-order valence-corrected chi connectivity index (χ4v) is 5.71. The van der Waals surface area contributed by atoms with Crippen molar-refractivity contribution in [2.75, 3.05) is 19.8 Å². The summed E-state index contributed by atoms with van der Waals surface area (Å²) in [6.07, 6.45) is -3.94. The van der Waals surface area contributed by atoms with E-state index in [9.17, 15) is 44.7 Å². The van der Waals surface area contributed by atoms with E-state index in [-0.39, 0.29) is 25.7 Å². The van der Waals surface area contributed by atoms with Crippen molar-refractivity contribution in [2.45, 2.75) is 198 Å². The van der Waals surface area contributed by atoms with E-state index in [4.69, 9.17) is 28.4 Å². The Morgan fingerprint density at radius 3 is 1.47 bits per heavy atom. The van der Waals surface area contributed by atoms with Crippen LogP contribution < -0.4 is 0 Å². The number of ether oxygens (including phenoxy) is 6. The minimum atomic E-state index is -1.98. The third-order valence-electron chi connectivity index (χ3n) is 9.00. The highest BCUT2D eigenvalue weighted by molar-refractivity contribution is 5.72. The smallest absolute Gasteiger partial charge is 0.306 e. The Morgan fingerprint density at radius 1 is 0.547 bits per heavy atom. The molecule has 0 spiro atoms. The number of esters is 4. The maximum Gasteiger partial charge on any atom is 0.306 e. The van der Waals surface area contributed by atoms with E-state index in [1.54, 1.807) is 0 Å². The van der Waals surface area contributed by atoms with Crippen LogP contribution in [0.25, 0.3) is 0 Å². The first-order valence-corrected chi connectivity index (χ1v) is 19.8. The average molecular weight is 765 g/mol. The van der Waals surface area contributed by atoms with Gasteiger partial charge in [0.2, 0.25) is 0 Å². The molecule has 15 heteroatoms. The van der Waals surface area contributed by atoms with Crippen molar-refractivity contribution in [1.82, 2.24) is 0 Å². The standard InChI is InChI=1S/C38H68O15/c1-5-9-13-14-18-22-32(45)53-37-36(52-31(44)21-17-12-8-4)35(51-30(43)20-16-11-7-3)28(25-48-29(42)19-15-10-6-2)50-38(37)49-24-27(41)34(47)33(46)26(40)23-39/h26-28,33-41,46-47H,5-25H2,1-4H3/t26-,27-,28-,33-,34-,35-,36+,37+,38-/m1/s1. The van der Waals surface area contributed by atoms with E-state index in [1.807, 2.05) is 20.8 Å². The van der Waals surface area contributed by atoms with Gasteiger partial charge in [0.25, 0.3) is 0 Å². The van der Waals surface area contributed by atoms with Crippen molar-refractivity contribution in [3.63, 3.8) is 0 Å². The lowest BCUT2D eigenvalue weighted by Crippen LogP contribution is -2.63. The molecule has 0 radical (unpaired) electrons. The molecular formula is C38H68O15. The summed E-state index contributed by atoms with van der Waals surface area (Å²) in [5.41, 5.74) is 0. The summed E-state index contributed by atoms with van der Waals surface area (Å²) in [5.74, 6) is -2.50. The molecule has 1 fully saturated rings. The van der Waals surface area contributed by atoms with Gasteiger partial charge in [0.15, 0.2) is 24.6 Å². The molecule has 0 aromatic rings. The summed E-state index contributed by atoms with van der Waals surface area (Å²) >= 11 is 0. The van der Waals surface area contributed by atoms with Gasteiger partial charge in [-0.3, -0.25) is 19.2 Å². The van der Waals surface area contributed by atoms with Gasteiger partial charge >= 0.3 is 23.9 Å². The Balaban J connectivity index is 3.56. The lowest BCUT2D eigenvalue weighted by atomic mass is 9.97. The minimum absolute atomic E-state index is 0.0109. The number of carbonyl (C=O) groups excluding carboxylic acids is 4. The summed E-state index contributed by atoms with van der Waals surface area (Å²) in [4.78, 5) is 52.4. The predicted molar refractivity (Wildman–Crippen MR) is 192 cm³/mol. The van der Waals surface area contributed by atoms with Crippen LogP contribution in [0.5, 0.6) is 0 Å². The Bertz CT molecular complexity index is 1010. The molecule has 0 aromatic carbocycles. The van der Waals surface area contributed by atoms with E-state index in [0.717, 1.165) is 64.2 Å². The van der Waals surface area contributed by atoms with Crippen LogP contribution in [0.2, 0.25) is 0 Å². The van der Waals surface area contributed by atoms with Gasteiger partial charge in [-0.2, -0.15) is 0 Å². The van der Waals surface area contributed by atoms with Crippen molar-refractivity contribution in [1.29, 1.82) is 0 Å². The normalized spacial score (nSPS) is 22.3. The Hall–Kier alpha value is -2.40. The van der Waals surface area contributed by atoms with Crippen molar-refractivity contribution in [3.8, 4) is 0 Å². The van der Waals surface area contributed by atoms with Gasteiger partial charge in [-0.05, 0) is 25.7 Å². The molecular weight excluding hydrogens is 696 g/mol. The van der Waals surface area contributed by atoms with Crippen LogP contribution >= 0.6 is 0 Å². The molecule has 1 rings (SSSR count). The van der Waals surface area contributed by atoms with Gasteiger partial charge in [-0.15, -0.1) is 0 Å². The molecule has 0 aliphatic carbocycles. The summed E-state index contributed by atoms with van der Waals surface area (Å²) in [7, 11) is 0. The summed E-state index contributed by atoms with van der Waals surface area (Å²) in [6.45, 7) is 5.91. The second-order valence-corrected chi connectivity index (χ2v) is 13.8. The molecule has 310 valence electrons. The number of aliphatic hydroxyl groups is 5. The number of aliphatic hydroxyl groups excluding tert-OH is 5. The molecule has 0 unspecified atom stereocenters. The van der Waals surface area contributed by atoms with Crippen molar-refractivity contribution in [2.24, 2.45) is 0 Å². The molecule has 0 saturated carbocycles. The van der Waals surface area contributed by atoms with E-state index >= 15 is 0 Å². The number of carbonyl (C=O) groups is 4. The predicted octanol–water partition coefficient (Wildman–Crippen LogP) is 3.54. The SMILES string of the molecule is CCCCCCCC(=O)O[C@@H]1[C@H](OC[C@@H](O)[C@@H](O)[C@H](O)[C@H](O)CO)O[C@H](COC(=O)CCCCC)[C@@H](OC(=O)CCCCC)[C@@H]1OC(=O)CCCCC. The molecule has 0 aromatic heterocycles. The maximum atomic E-state index is 13.3. The molecule has 1 saturated heterocycles. The molecule has 1 aliphatic heterocycles. The molecule has 9 atom stereocenters. The van der Waals surface area contributed by atoms with Crippen LogP contribution in [0.15, 0.2) is 0 Å². The highest BCUT2D eigenvalue weighted by Crippen LogP contribution is 2.31. The number of hydrogen-bond acceptors (Lipinski definition) is 15. The maximum absolute atomic E-state index is 13.3. The van der Waals surface area contributed by atoms with E-state index < -0.39 is 98.8 Å². The van der Waals surface area contributed by atoms with Crippen LogP contribution in [0.1, 0.15) is 143 Å². The van der Waals surface area contributed by atoms with Gasteiger partial charge in [-0.25, -0.2) is 0 Å². The molecule has 0 amide bonds. The largest absolute Gasteiger partial charge is 0.463 e. The Labute approximate surface area is 315 Å². The molecule has 5 N–H and O–H groups in total. The van der Waals surface area contributed by atoms with E-state index in [2.05, 4.69) is 6.92 Å². The van der Waals surface area contributed by atoms with Crippen LogP contribution in [-0.2, 0) is 47.6 Å². The highest BCUT2D eigenvalue weighted by atomic mass is 16.7. The fraction of sp³-hybridized carbons (Fsp3) is 0.895. The van der Waals surface area contributed by atoms with Crippen LogP contribution in [0.4, 0.5) is 0 Å². The minimum Gasteiger partial charge on any atom is -0.463 e. The Kier molecular flexibility index (Phi) is 26.6. The molecule has 15 nitrogen and oxygen atoms in total. The second kappa shape index (κ2) is 29.0. The third kappa shape index (κ3) is 19.7. The van der Waals surface area contributed by atoms with Gasteiger partial charge in [0.1, 0.15) is 37.1 Å². The topological polar surface area (TPSA) is 225 Å². The van der Waals surface area contributed by atoms with Crippen LogP contribution in [-0.4, -0.2) is 124 Å². The first-order chi connectivity index (χ1) is 25.4. The van der Waals surface area contributed by atoms with Gasteiger partial charge in [0, 0.05) is 25.7 Å². The van der Waals surface area contributed by atoms with Crippen molar-refractivity contribution >= 4 is 23.9 Å². The fourth-order valence-electron chi connectivity index (χ4n) is 5.71. The molecule has 1 aliphatic rings. The van der Waals surface area contributed by atoms with Gasteiger partial charge in [0.05, 0.1) is 13.2 Å². The van der Waals surface area contributed by atoms with Gasteiger partial charge in [-0.1, -0.05) is 91.9 Å². The first kappa shape index (κ1) is 48.6. The first-order valence-electron chi connectivity index (χ1n) is 19.8. The quantitative estimate of drug-likeness (QED) is 0.0401. The second-order valence-electron chi connectivity index (χ2n) is 13.8. The van der Waals surface area contributed by atoms with Crippen LogP contribution in [0, 0.1) is 0 Å². The summed E-state index contributed by atoms with van der Waals surface area (Å²) in [5, 5.41) is 50.1. The van der Waals surface area contributed by atoms with Gasteiger partial charge < -0.3 is 54.0 Å². The van der Waals surface area contributed by atoms with E-state index in [0.29, 0.717) is 25.7 Å². The van der Waals surface area contributed by atoms with Crippen molar-refractivity contribution < 1.29 is 73.1 Å². The van der Waals surface area contributed by atoms with E-state index in [1.165, 1.54) is 0 Å². The van der Waals surface area contributed by atoms with Crippen molar-refractivity contribution in [3.05, 3.63) is 0 Å². The summed E-state index contributed by atoms with van der Waals surface area (Å²) in [6, 6.07) is 0. The zero-order valence-electron chi connectivity index (χ0n) is 32.4.